The molecule has 1 saturated heterocycles. The Morgan fingerprint density at radius 2 is 1.70 bits per heavy atom. The molecule has 0 unspecified atom stereocenters. The third-order valence-corrected chi connectivity index (χ3v) is 5.99. The second-order valence-corrected chi connectivity index (χ2v) is 8.27. The third-order valence-electron chi connectivity index (χ3n) is 5.70. The zero-order chi connectivity index (χ0) is 21.5. The molecule has 1 heterocycles. The standard InChI is InChI=1S/C24H31ClFN3O/c1-3-19-7-5-8-20(4-2)24(19)27-23(30)17-29-12-6-11-28(13-14-29)16-18-9-10-22(26)21(25)15-18/h5,7-10,15H,3-4,6,11-14,16-17H2,1-2H3,(H,27,30). The number of rotatable bonds is 7. The number of nitrogens with zero attached hydrogens (tertiary/aromatic N) is 2. The summed E-state index contributed by atoms with van der Waals surface area (Å²) in [5.74, 6) is -0.339. The summed E-state index contributed by atoms with van der Waals surface area (Å²) >= 11 is 5.91. The van der Waals surface area contributed by atoms with Gasteiger partial charge in [-0.05, 0) is 61.2 Å². The Morgan fingerprint density at radius 3 is 2.37 bits per heavy atom. The lowest BCUT2D eigenvalue weighted by Gasteiger charge is -2.22. The van der Waals surface area contributed by atoms with E-state index in [1.807, 2.05) is 0 Å². The molecule has 1 N–H and O–H groups in total. The highest BCUT2D eigenvalue weighted by molar-refractivity contribution is 6.30. The van der Waals surface area contributed by atoms with E-state index in [9.17, 15) is 9.18 Å². The lowest BCUT2D eigenvalue weighted by Crippen LogP contribution is -2.36. The van der Waals surface area contributed by atoms with E-state index in [2.05, 4.69) is 47.2 Å². The molecule has 2 aromatic carbocycles. The summed E-state index contributed by atoms with van der Waals surface area (Å²) in [6.07, 6.45) is 2.79. The minimum Gasteiger partial charge on any atom is -0.324 e. The molecule has 162 valence electrons. The largest absolute Gasteiger partial charge is 0.324 e. The van der Waals surface area contributed by atoms with Gasteiger partial charge in [0.25, 0.3) is 0 Å². The normalized spacial score (nSPS) is 15.7. The van der Waals surface area contributed by atoms with Gasteiger partial charge in [0.15, 0.2) is 0 Å². The SMILES string of the molecule is CCc1cccc(CC)c1NC(=O)CN1CCCN(Cc2ccc(F)c(Cl)c2)CC1. The van der Waals surface area contributed by atoms with Crippen molar-refractivity contribution in [2.24, 2.45) is 0 Å². The third kappa shape index (κ3) is 6.03. The summed E-state index contributed by atoms with van der Waals surface area (Å²) < 4.78 is 13.4. The number of hydrogen-bond donors (Lipinski definition) is 1. The van der Waals surface area contributed by atoms with Crippen molar-refractivity contribution < 1.29 is 9.18 Å². The van der Waals surface area contributed by atoms with Crippen molar-refractivity contribution in [1.82, 2.24) is 9.80 Å². The van der Waals surface area contributed by atoms with Gasteiger partial charge in [-0.2, -0.15) is 0 Å². The summed E-state index contributed by atoms with van der Waals surface area (Å²) in [5.41, 5.74) is 4.36. The van der Waals surface area contributed by atoms with E-state index in [0.717, 1.165) is 63.2 Å². The molecule has 1 fully saturated rings. The minimum atomic E-state index is -0.385. The highest BCUT2D eigenvalue weighted by atomic mass is 35.5. The fraction of sp³-hybridized carbons (Fsp3) is 0.458. The molecule has 1 amide bonds. The Morgan fingerprint density at radius 1 is 1.03 bits per heavy atom. The van der Waals surface area contributed by atoms with Gasteiger partial charge in [0.1, 0.15) is 5.82 Å². The summed E-state index contributed by atoms with van der Waals surface area (Å²) in [6, 6.07) is 11.1. The second-order valence-electron chi connectivity index (χ2n) is 7.86. The number of para-hydroxylation sites is 1. The summed E-state index contributed by atoms with van der Waals surface area (Å²) in [5, 5.41) is 3.33. The maximum Gasteiger partial charge on any atom is 0.238 e. The zero-order valence-electron chi connectivity index (χ0n) is 17.9. The molecule has 0 spiro atoms. The van der Waals surface area contributed by atoms with Crippen LogP contribution in [0.1, 0.15) is 37.0 Å². The van der Waals surface area contributed by atoms with Crippen LogP contribution in [-0.2, 0) is 24.2 Å². The summed E-state index contributed by atoms with van der Waals surface area (Å²) in [7, 11) is 0. The lowest BCUT2D eigenvalue weighted by molar-refractivity contribution is -0.117. The van der Waals surface area contributed by atoms with E-state index in [1.165, 1.54) is 17.2 Å². The minimum absolute atomic E-state index is 0.0457. The van der Waals surface area contributed by atoms with Gasteiger partial charge in [-0.15, -0.1) is 0 Å². The molecule has 6 heteroatoms. The van der Waals surface area contributed by atoms with Gasteiger partial charge in [-0.25, -0.2) is 4.39 Å². The fourth-order valence-corrected chi connectivity index (χ4v) is 4.23. The van der Waals surface area contributed by atoms with E-state index in [4.69, 9.17) is 11.6 Å². The highest BCUT2D eigenvalue weighted by Crippen LogP contribution is 2.23. The van der Waals surface area contributed by atoms with Crippen LogP contribution in [0.25, 0.3) is 0 Å². The van der Waals surface area contributed by atoms with Crippen LogP contribution in [-0.4, -0.2) is 48.4 Å². The molecule has 1 aliphatic heterocycles. The number of amides is 1. The highest BCUT2D eigenvalue weighted by Gasteiger charge is 2.18. The first-order valence-corrected chi connectivity index (χ1v) is 11.2. The predicted molar refractivity (Wildman–Crippen MR) is 122 cm³/mol. The molecule has 0 aromatic heterocycles. The predicted octanol–water partition coefficient (Wildman–Crippen LogP) is 4.75. The van der Waals surface area contributed by atoms with Crippen LogP contribution in [0.15, 0.2) is 36.4 Å². The molecule has 0 saturated carbocycles. The van der Waals surface area contributed by atoms with Gasteiger partial charge in [-0.3, -0.25) is 14.6 Å². The van der Waals surface area contributed by atoms with Gasteiger partial charge in [0.05, 0.1) is 11.6 Å². The molecule has 0 atom stereocenters. The molecule has 2 aromatic rings. The van der Waals surface area contributed by atoms with Crippen LogP contribution in [0.3, 0.4) is 0 Å². The Kier molecular flexibility index (Phi) is 8.25. The number of carbonyl (C=O) groups is 1. The molecule has 0 radical (unpaired) electrons. The molecule has 0 aliphatic carbocycles. The monoisotopic (exact) mass is 431 g/mol. The van der Waals surface area contributed by atoms with Crippen molar-refractivity contribution in [3.63, 3.8) is 0 Å². The van der Waals surface area contributed by atoms with Crippen LogP contribution in [0.5, 0.6) is 0 Å². The number of carbonyl (C=O) groups excluding carboxylic acids is 1. The van der Waals surface area contributed by atoms with Gasteiger partial charge >= 0.3 is 0 Å². The van der Waals surface area contributed by atoms with E-state index in [0.29, 0.717) is 6.54 Å². The number of aryl methyl sites for hydroxylation is 2. The Balaban J connectivity index is 1.55. The van der Waals surface area contributed by atoms with Crippen molar-refractivity contribution in [1.29, 1.82) is 0 Å². The van der Waals surface area contributed by atoms with Gasteiger partial charge in [-0.1, -0.05) is 49.7 Å². The number of halogens is 2. The molecule has 1 aliphatic rings. The zero-order valence-corrected chi connectivity index (χ0v) is 18.6. The first-order valence-electron chi connectivity index (χ1n) is 10.8. The Labute approximate surface area is 184 Å². The van der Waals surface area contributed by atoms with Gasteiger partial charge in [0, 0.05) is 25.3 Å². The molecule has 4 nitrogen and oxygen atoms in total. The topological polar surface area (TPSA) is 35.6 Å². The van der Waals surface area contributed by atoms with Crippen molar-refractivity contribution in [2.75, 3.05) is 38.0 Å². The second kappa shape index (κ2) is 10.9. The fourth-order valence-electron chi connectivity index (χ4n) is 4.02. The number of hydrogen-bond acceptors (Lipinski definition) is 3. The average molecular weight is 432 g/mol. The van der Waals surface area contributed by atoms with Crippen LogP contribution < -0.4 is 5.32 Å². The quantitative estimate of drug-likeness (QED) is 0.687. The van der Waals surface area contributed by atoms with Crippen LogP contribution in [0.2, 0.25) is 5.02 Å². The summed E-state index contributed by atoms with van der Waals surface area (Å²) in [4.78, 5) is 17.3. The van der Waals surface area contributed by atoms with Crippen molar-refractivity contribution in [2.45, 2.75) is 39.7 Å². The van der Waals surface area contributed by atoms with Gasteiger partial charge < -0.3 is 5.32 Å². The molecular formula is C24H31ClFN3O. The van der Waals surface area contributed by atoms with Crippen molar-refractivity contribution >= 4 is 23.2 Å². The maximum absolute atomic E-state index is 13.4. The summed E-state index contributed by atoms with van der Waals surface area (Å²) in [6.45, 7) is 8.91. The maximum atomic E-state index is 13.4. The van der Waals surface area contributed by atoms with Crippen molar-refractivity contribution in [3.05, 3.63) is 63.9 Å². The van der Waals surface area contributed by atoms with E-state index < -0.39 is 0 Å². The lowest BCUT2D eigenvalue weighted by atomic mass is 10.0. The molecule has 3 rings (SSSR count). The van der Waals surface area contributed by atoms with E-state index in [-0.39, 0.29) is 16.7 Å². The number of benzene rings is 2. The van der Waals surface area contributed by atoms with Crippen LogP contribution >= 0.6 is 11.6 Å². The first-order chi connectivity index (χ1) is 14.5. The smallest absolute Gasteiger partial charge is 0.238 e. The Bertz CT molecular complexity index is 851. The van der Waals surface area contributed by atoms with Crippen molar-refractivity contribution in [3.8, 4) is 0 Å². The number of anilines is 1. The van der Waals surface area contributed by atoms with Crippen LogP contribution in [0.4, 0.5) is 10.1 Å². The van der Waals surface area contributed by atoms with Crippen LogP contribution in [0, 0.1) is 5.82 Å². The average Bonchev–Trinajstić information content (AvgIpc) is 2.95. The Hall–Kier alpha value is -1.95. The number of nitrogens with one attached hydrogen (secondary N) is 1. The van der Waals surface area contributed by atoms with E-state index in [1.54, 1.807) is 12.1 Å². The van der Waals surface area contributed by atoms with E-state index >= 15 is 0 Å². The van der Waals surface area contributed by atoms with Gasteiger partial charge in [0.2, 0.25) is 5.91 Å². The molecular weight excluding hydrogens is 401 g/mol. The molecule has 0 bridgehead atoms. The molecule has 30 heavy (non-hydrogen) atoms. The first kappa shape index (κ1) is 22.7.